The molecule has 0 radical (unpaired) electrons. The van der Waals surface area contributed by atoms with Gasteiger partial charge in [-0.2, -0.15) is 0 Å². The number of benzene rings is 3. The minimum Gasteiger partial charge on any atom is -0.464 e. The van der Waals surface area contributed by atoms with Crippen LogP contribution in [0.5, 0.6) is 0 Å². The molecule has 3 amide bonds. The van der Waals surface area contributed by atoms with E-state index >= 15 is 0 Å². The summed E-state index contributed by atoms with van der Waals surface area (Å²) in [6.07, 6.45) is 0.439. The van der Waals surface area contributed by atoms with Crippen LogP contribution in [-0.4, -0.2) is 52.6 Å². The number of nitrogens with one attached hydrogen (secondary N) is 3. The van der Waals surface area contributed by atoms with Crippen LogP contribution in [-0.2, 0) is 25.5 Å². The monoisotopic (exact) mass is 785 g/mol. The number of carbonyl (C=O) groups excluding carboxylic acids is 4. The van der Waals surface area contributed by atoms with Crippen molar-refractivity contribution in [1.29, 1.82) is 0 Å². The molecule has 2 aromatic heterocycles. The number of hydrogen-bond acceptors (Lipinski definition) is 10. The quantitative estimate of drug-likeness (QED) is 0.127. The summed E-state index contributed by atoms with van der Waals surface area (Å²) in [5.74, 6) is -1.80. The summed E-state index contributed by atoms with van der Waals surface area (Å²) in [6, 6.07) is 17.4. The lowest BCUT2D eigenvalue weighted by Crippen LogP contribution is -2.51. The summed E-state index contributed by atoms with van der Waals surface area (Å²) in [4.78, 5) is 61.5. The molecule has 1 unspecified atom stereocenters. The number of fused-ring (bicyclic) bond motifs is 2. The van der Waals surface area contributed by atoms with Gasteiger partial charge in [-0.05, 0) is 75.6 Å². The third kappa shape index (κ3) is 8.12. The highest BCUT2D eigenvalue weighted by Crippen LogP contribution is 2.41. The Morgan fingerprint density at radius 1 is 0.962 bits per heavy atom. The van der Waals surface area contributed by atoms with Crippen molar-refractivity contribution in [2.75, 3.05) is 12.4 Å². The minimum atomic E-state index is -1.11. The molecule has 3 aromatic carbocycles. The molecule has 276 valence electrons. The number of alkyl carbamates (subject to hydrolysis) is 1. The molecule has 13 nitrogen and oxygen atoms in total. The van der Waals surface area contributed by atoms with Gasteiger partial charge in [-0.3, -0.25) is 9.59 Å². The van der Waals surface area contributed by atoms with Crippen molar-refractivity contribution in [1.82, 2.24) is 20.6 Å². The Labute approximate surface area is 314 Å². The van der Waals surface area contributed by atoms with Gasteiger partial charge in [0.25, 0.3) is 5.89 Å². The van der Waals surface area contributed by atoms with Crippen LogP contribution in [0.1, 0.15) is 86.6 Å². The summed E-state index contributed by atoms with van der Waals surface area (Å²) >= 11 is 3.36. The fourth-order valence-electron chi connectivity index (χ4n) is 6.19. The highest BCUT2D eigenvalue weighted by molar-refractivity contribution is 9.10. The highest BCUT2D eigenvalue weighted by Gasteiger charge is 2.37. The van der Waals surface area contributed by atoms with E-state index < -0.39 is 47.0 Å². The van der Waals surface area contributed by atoms with Crippen molar-refractivity contribution < 1.29 is 37.5 Å². The molecular weight excluding hydrogens is 746 g/mol. The van der Waals surface area contributed by atoms with Gasteiger partial charge >= 0.3 is 12.1 Å². The van der Waals surface area contributed by atoms with E-state index in [2.05, 4.69) is 41.8 Å². The van der Waals surface area contributed by atoms with Crippen LogP contribution in [0, 0.1) is 5.41 Å². The zero-order valence-corrected chi connectivity index (χ0v) is 31.9. The summed E-state index contributed by atoms with van der Waals surface area (Å²) in [5, 5.41) is 10.8. The van der Waals surface area contributed by atoms with Crippen LogP contribution in [0.3, 0.4) is 0 Å². The number of rotatable bonds is 9. The largest absolute Gasteiger partial charge is 0.464 e. The van der Waals surface area contributed by atoms with Gasteiger partial charge < -0.3 is 34.3 Å². The second-order valence-electron chi connectivity index (χ2n) is 14.8. The van der Waals surface area contributed by atoms with E-state index in [1.165, 1.54) is 7.11 Å². The Balaban J connectivity index is 1.31. The zero-order valence-electron chi connectivity index (χ0n) is 30.3. The van der Waals surface area contributed by atoms with Gasteiger partial charge in [0.2, 0.25) is 22.4 Å². The number of aromatic nitrogens is 2. The maximum absolute atomic E-state index is 14.3. The van der Waals surface area contributed by atoms with Crippen molar-refractivity contribution in [2.45, 2.75) is 71.6 Å². The molecule has 1 aliphatic rings. The molecule has 0 fully saturated rings. The van der Waals surface area contributed by atoms with Crippen LogP contribution >= 0.6 is 15.9 Å². The maximum Gasteiger partial charge on any atom is 0.408 e. The normalized spacial score (nSPS) is 15.3. The summed E-state index contributed by atoms with van der Waals surface area (Å²) < 4.78 is 21.8. The van der Waals surface area contributed by atoms with Crippen LogP contribution in [0.4, 0.5) is 10.5 Å². The highest BCUT2D eigenvalue weighted by atomic mass is 79.9. The van der Waals surface area contributed by atoms with Gasteiger partial charge in [0.15, 0.2) is 11.4 Å². The number of methoxy groups -OCH3 is 1. The van der Waals surface area contributed by atoms with E-state index in [4.69, 9.17) is 18.3 Å². The molecule has 3 N–H and O–H groups in total. The molecule has 0 spiro atoms. The van der Waals surface area contributed by atoms with Gasteiger partial charge in [-0.25, -0.2) is 19.6 Å². The number of amides is 3. The predicted octanol–water partition coefficient (Wildman–Crippen LogP) is 7.46. The Bertz CT molecular complexity index is 2210. The first-order valence-corrected chi connectivity index (χ1v) is 17.7. The number of carbonyl (C=O) groups is 4. The molecule has 0 bridgehead atoms. The predicted molar refractivity (Wildman–Crippen MR) is 199 cm³/mol. The molecular formula is C39H40BrN5O8. The van der Waals surface area contributed by atoms with E-state index in [9.17, 15) is 19.2 Å². The zero-order chi connectivity index (χ0) is 38.2. The fourth-order valence-corrected chi connectivity index (χ4v) is 6.61. The van der Waals surface area contributed by atoms with E-state index in [0.29, 0.717) is 11.3 Å². The molecule has 6 rings (SSSR count). The average Bonchev–Trinajstić information content (AvgIpc) is 3.81. The minimum absolute atomic E-state index is 0.00196. The smallest absolute Gasteiger partial charge is 0.408 e. The summed E-state index contributed by atoms with van der Waals surface area (Å²) in [7, 11) is 1.23. The first-order chi connectivity index (χ1) is 25.0. The lowest BCUT2D eigenvalue weighted by atomic mass is 9.86. The maximum atomic E-state index is 14.3. The first kappa shape index (κ1) is 37.3. The number of anilines is 1. The van der Waals surface area contributed by atoms with Crippen molar-refractivity contribution in [3.63, 3.8) is 0 Å². The number of nitrogens with zero attached hydrogens (tertiary/aromatic N) is 2. The van der Waals surface area contributed by atoms with Crippen molar-refractivity contribution in [2.24, 2.45) is 5.41 Å². The van der Waals surface area contributed by atoms with Crippen LogP contribution in [0.15, 0.2) is 80.4 Å². The first-order valence-electron chi connectivity index (χ1n) is 16.9. The van der Waals surface area contributed by atoms with Gasteiger partial charge in [0, 0.05) is 12.1 Å². The van der Waals surface area contributed by atoms with E-state index in [1.807, 2.05) is 81.4 Å². The lowest BCUT2D eigenvalue weighted by molar-refractivity contribution is -0.125. The second-order valence-corrected chi connectivity index (χ2v) is 15.5. The average molecular weight is 787 g/mol. The molecule has 14 heteroatoms. The molecule has 3 heterocycles. The number of esters is 1. The van der Waals surface area contributed by atoms with Crippen molar-refractivity contribution >= 4 is 56.3 Å². The molecule has 5 aromatic rings. The number of halogens is 1. The van der Waals surface area contributed by atoms with Gasteiger partial charge in [0.1, 0.15) is 23.9 Å². The van der Waals surface area contributed by atoms with Gasteiger partial charge in [0.05, 0.1) is 13.0 Å². The van der Waals surface area contributed by atoms with Gasteiger partial charge in [-0.15, -0.1) is 0 Å². The third-order valence-corrected chi connectivity index (χ3v) is 9.17. The Morgan fingerprint density at radius 2 is 1.70 bits per heavy atom. The molecule has 3 atom stereocenters. The fraction of sp³-hybridized carbons (Fsp3) is 0.333. The SMILES string of the molecule is COC(=O)c1coc(-c2nc([C@@H](NC(=O)[C@H](Cc3ccc4c(c3)C(c3cccc5ccccc35)C(=O)N4)NC(=O)OC(C)(C)C)C(C)(C)C)oc2Br)n1. The molecule has 0 saturated carbocycles. The molecule has 53 heavy (non-hydrogen) atoms. The topological polar surface area (TPSA) is 175 Å². The van der Waals surface area contributed by atoms with Crippen molar-refractivity contribution in [3.8, 4) is 11.6 Å². The van der Waals surface area contributed by atoms with E-state index in [0.717, 1.165) is 28.2 Å². The number of oxazole rings is 2. The Kier molecular flexibility index (Phi) is 10.2. The third-order valence-electron chi connectivity index (χ3n) is 8.63. The molecule has 0 saturated heterocycles. The van der Waals surface area contributed by atoms with Crippen molar-refractivity contribution in [3.05, 3.63) is 99.9 Å². The van der Waals surface area contributed by atoms with Crippen LogP contribution < -0.4 is 16.0 Å². The summed E-state index contributed by atoms with van der Waals surface area (Å²) in [5.41, 5.74) is 1.68. The molecule has 1 aliphatic heterocycles. The van der Waals surface area contributed by atoms with Crippen LogP contribution in [0.2, 0.25) is 0 Å². The Morgan fingerprint density at radius 3 is 2.42 bits per heavy atom. The van der Waals surface area contributed by atoms with Gasteiger partial charge in [-0.1, -0.05) is 75.4 Å². The standard InChI is InChI=1S/C39H40BrN5O8/c1-38(2,3)30(35-44-29(31(40)52-35)34-42-27(19-51-34)36(48)50-7)45-32(46)26(43-37(49)53-39(4,5)6)18-20-15-16-25-24(17-20)28(33(47)41-25)23-14-10-12-21-11-8-9-13-22(21)23/h8-17,19,26,28,30H,18H2,1-7H3,(H,41,47)(H,43,49)(H,45,46)/t26-,28?,30+/m0/s1. The van der Waals surface area contributed by atoms with E-state index in [-0.39, 0.29) is 40.2 Å². The number of hydrogen-bond donors (Lipinski definition) is 3. The summed E-state index contributed by atoms with van der Waals surface area (Å²) in [6.45, 7) is 10.9. The second kappa shape index (κ2) is 14.5. The number of ether oxygens (including phenoxy) is 2. The Hall–Kier alpha value is -5.50. The molecule has 0 aliphatic carbocycles. The van der Waals surface area contributed by atoms with E-state index in [1.54, 1.807) is 20.8 Å². The lowest BCUT2D eigenvalue weighted by Gasteiger charge is -2.31. The van der Waals surface area contributed by atoms with Crippen LogP contribution in [0.25, 0.3) is 22.4 Å².